The molecule has 1 aromatic heterocycles. The molecule has 0 aliphatic carbocycles. The smallest absolute Gasteiger partial charge is 0.326 e. The van der Waals surface area contributed by atoms with Crippen molar-refractivity contribution in [3.63, 3.8) is 0 Å². The molecule has 0 fully saturated rings. The minimum absolute atomic E-state index is 0.0253. The van der Waals surface area contributed by atoms with E-state index in [-0.39, 0.29) is 5.69 Å². The lowest BCUT2D eigenvalue weighted by Gasteiger charge is -2.11. The van der Waals surface area contributed by atoms with Gasteiger partial charge in [0.1, 0.15) is 6.04 Å². The molecule has 1 atom stereocenters. The van der Waals surface area contributed by atoms with Crippen molar-refractivity contribution in [1.82, 2.24) is 10.5 Å². The van der Waals surface area contributed by atoms with Crippen LogP contribution in [0.1, 0.15) is 30.3 Å². The summed E-state index contributed by atoms with van der Waals surface area (Å²) < 4.78 is 5.11. The van der Waals surface area contributed by atoms with Gasteiger partial charge in [-0.2, -0.15) is 0 Å². The van der Waals surface area contributed by atoms with Gasteiger partial charge in [-0.05, 0) is 18.6 Å². The van der Waals surface area contributed by atoms with Gasteiger partial charge in [0.05, 0.1) is 0 Å². The maximum Gasteiger partial charge on any atom is 0.326 e. The van der Waals surface area contributed by atoms with Crippen LogP contribution in [0.15, 0.2) is 34.9 Å². The number of benzene rings is 1. The molecule has 0 saturated carbocycles. The van der Waals surface area contributed by atoms with Crippen molar-refractivity contribution in [3.8, 4) is 11.3 Å². The first kappa shape index (κ1) is 16.0. The number of carbonyl (C=O) groups is 2. The molecule has 6 nitrogen and oxygen atoms in total. The summed E-state index contributed by atoms with van der Waals surface area (Å²) in [6.45, 7) is 1.84. The Morgan fingerprint density at radius 3 is 2.82 bits per heavy atom. The van der Waals surface area contributed by atoms with Crippen LogP contribution in [0.2, 0.25) is 5.02 Å². The summed E-state index contributed by atoms with van der Waals surface area (Å²) in [6.07, 6.45) is 0.990. The highest BCUT2D eigenvalue weighted by Gasteiger charge is 2.22. The Bertz CT molecular complexity index is 684. The largest absolute Gasteiger partial charge is 0.480 e. The van der Waals surface area contributed by atoms with Crippen molar-refractivity contribution in [3.05, 3.63) is 41.0 Å². The van der Waals surface area contributed by atoms with E-state index < -0.39 is 17.9 Å². The number of aromatic nitrogens is 1. The highest BCUT2D eigenvalue weighted by atomic mass is 35.5. The molecule has 0 radical (unpaired) electrons. The van der Waals surface area contributed by atoms with Crippen LogP contribution in [0, 0.1) is 0 Å². The first-order valence-electron chi connectivity index (χ1n) is 6.77. The van der Waals surface area contributed by atoms with Crippen molar-refractivity contribution < 1.29 is 19.2 Å². The fourth-order valence-electron chi connectivity index (χ4n) is 1.94. The highest BCUT2D eigenvalue weighted by molar-refractivity contribution is 6.30. The fraction of sp³-hybridized carbons (Fsp3) is 0.267. The van der Waals surface area contributed by atoms with Gasteiger partial charge >= 0.3 is 5.97 Å². The van der Waals surface area contributed by atoms with Gasteiger partial charge < -0.3 is 14.9 Å². The van der Waals surface area contributed by atoms with Gasteiger partial charge in [-0.15, -0.1) is 0 Å². The Hall–Kier alpha value is -2.34. The van der Waals surface area contributed by atoms with Gasteiger partial charge in [-0.25, -0.2) is 4.79 Å². The predicted octanol–water partition coefficient (Wildman–Crippen LogP) is 2.98. The second kappa shape index (κ2) is 7.09. The SMILES string of the molecule is CCCC(NC(=O)c1cc(-c2cccc(Cl)c2)on1)C(=O)O. The van der Waals surface area contributed by atoms with Crippen LogP contribution in [0.4, 0.5) is 0 Å². The number of carboxylic acid groups (broad SMARTS) is 1. The van der Waals surface area contributed by atoms with E-state index in [2.05, 4.69) is 10.5 Å². The number of rotatable bonds is 6. The summed E-state index contributed by atoms with van der Waals surface area (Å²) in [5, 5.41) is 15.7. The molecule has 0 spiro atoms. The van der Waals surface area contributed by atoms with Crippen LogP contribution in [0.5, 0.6) is 0 Å². The first-order valence-corrected chi connectivity index (χ1v) is 7.15. The fourth-order valence-corrected chi connectivity index (χ4v) is 2.13. The minimum atomic E-state index is -1.08. The normalized spacial score (nSPS) is 11.9. The van der Waals surface area contributed by atoms with Crippen molar-refractivity contribution in [2.45, 2.75) is 25.8 Å². The molecule has 0 bridgehead atoms. The van der Waals surface area contributed by atoms with Gasteiger partial charge in [-0.1, -0.05) is 42.2 Å². The van der Waals surface area contributed by atoms with E-state index in [1.807, 2.05) is 6.92 Å². The van der Waals surface area contributed by atoms with Gasteiger partial charge in [0.25, 0.3) is 5.91 Å². The molecule has 2 aromatic rings. The number of nitrogens with one attached hydrogen (secondary N) is 1. The standard InChI is InChI=1S/C15H15ClN2O4/c1-2-4-11(15(20)21)17-14(19)12-8-13(22-18-12)9-5-3-6-10(16)7-9/h3,5-8,11H,2,4H2,1H3,(H,17,19)(H,20,21). The average molecular weight is 323 g/mol. The molecule has 0 saturated heterocycles. The molecular weight excluding hydrogens is 308 g/mol. The molecule has 0 aliphatic rings. The van der Waals surface area contributed by atoms with Crippen LogP contribution in [-0.4, -0.2) is 28.2 Å². The minimum Gasteiger partial charge on any atom is -0.480 e. The van der Waals surface area contributed by atoms with Gasteiger partial charge in [0.15, 0.2) is 11.5 Å². The molecule has 2 rings (SSSR count). The van der Waals surface area contributed by atoms with E-state index in [4.69, 9.17) is 21.2 Å². The maximum absolute atomic E-state index is 12.0. The lowest BCUT2D eigenvalue weighted by molar-refractivity contribution is -0.139. The third kappa shape index (κ3) is 3.85. The van der Waals surface area contributed by atoms with E-state index in [1.165, 1.54) is 6.07 Å². The van der Waals surface area contributed by atoms with Crippen molar-refractivity contribution in [1.29, 1.82) is 0 Å². The van der Waals surface area contributed by atoms with Crippen molar-refractivity contribution in [2.75, 3.05) is 0 Å². The Kier molecular flexibility index (Phi) is 5.16. The molecule has 7 heteroatoms. The molecule has 116 valence electrons. The number of nitrogens with zero attached hydrogens (tertiary/aromatic N) is 1. The number of carboxylic acids is 1. The van der Waals surface area contributed by atoms with Crippen molar-refractivity contribution in [2.24, 2.45) is 0 Å². The number of carbonyl (C=O) groups excluding carboxylic acids is 1. The number of hydrogen-bond donors (Lipinski definition) is 2. The summed E-state index contributed by atoms with van der Waals surface area (Å²) in [5.74, 6) is -1.28. The first-order chi connectivity index (χ1) is 10.5. The van der Waals surface area contributed by atoms with E-state index >= 15 is 0 Å². The maximum atomic E-state index is 12.0. The molecule has 22 heavy (non-hydrogen) atoms. The zero-order valence-electron chi connectivity index (χ0n) is 11.9. The highest BCUT2D eigenvalue weighted by Crippen LogP contribution is 2.23. The molecule has 1 unspecified atom stereocenters. The number of halogens is 1. The molecule has 2 N–H and O–H groups in total. The second-order valence-corrected chi connectivity index (χ2v) is 5.18. The van der Waals surface area contributed by atoms with Crippen LogP contribution >= 0.6 is 11.6 Å². The summed E-state index contributed by atoms with van der Waals surface area (Å²) in [5.41, 5.74) is 0.708. The Morgan fingerprint density at radius 2 is 2.18 bits per heavy atom. The molecular formula is C15H15ClN2O4. The summed E-state index contributed by atoms with van der Waals surface area (Å²) >= 11 is 5.90. The van der Waals surface area contributed by atoms with Crippen LogP contribution in [-0.2, 0) is 4.79 Å². The quantitative estimate of drug-likeness (QED) is 0.853. The number of aliphatic carboxylic acids is 1. The summed E-state index contributed by atoms with van der Waals surface area (Å²) in [6, 6.07) is 7.43. The average Bonchev–Trinajstić information content (AvgIpc) is 2.96. The van der Waals surface area contributed by atoms with E-state index in [0.29, 0.717) is 29.2 Å². The van der Waals surface area contributed by atoms with E-state index in [1.54, 1.807) is 24.3 Å². The number of hydrogen-bond acceptors (Lipinski definition) is 4. The molecule has 1 aromatic carbocycles. The molecule has 1 heterocycles. The molecule has 1 amide bonds. The zero-order valence-corrected chi connectivity index (χ0v) is 12.6. The lowest BCUT2D eigenvalue weighted by atomic mass is 10.1. The Morgan fingerprint density at radius 1 is 1.41 bits per heavy atom. The monoisotopic (exact) mass is 322 g/mol. The van der Waals surface area contributed by atoms with Gasteiger partial charge in [0.2, 0.25) is 0 Å². The molecule has 0 aliphatic heterocycles. The van der Waals surface area contributed by atoms with Crippen LogP contribution in [0.3, 0.4) is 0 Å². The number of amides is 1. The van der Waals surface area contributed by atoms with Gasteiger partial charge in [-0.3, -0.25) is 4.79 Å². The summed E-state index contributed by atoms with van der Waals surface area (Å²) in [7, 11) is 0. The third-order valence-corrected chi connectivity index (χ3v) is 3.27. The van der Waals surface area contributed by atoms with Gasteiger partial charge in [0, 0.05) is 16.7 Å². The Balaban J connectivity index is 2.13. The lowest BCUT2D eigenvalue weighted by Crippen LogP contribution is -2.40. The van der Waals surface area contributed by atoms with Crippen molar-refractivity contribution >= 4 is 23.5 Å². The topological polar surface area (TPSA) is 92.4 Å². The third-order valence-electron chi connectivity index (χ3n) is 3.03. The summed E-state index contributed by atoms with van der Waals surface area (Å²) in [4.78, 5) is 23.1. The predicted molar refractivity (Wildman–Crippen MR) is 80.7 cm³/mol. The zero-order chi connectivity index (χ0) is 16.1. The van der Waals surface area contributed by atoms with Crippen LogP contribution < -0.4 is 5.32 Å². The second-order valence-electron chi connectivity index (χ2n) is 4.74. The Labute approximate surface area is 132 Å². The van der Waals surface area contributed by atoms with Crippen LogP contribution in [0.25, 0.3) is 11.3 Å². The van der Waals surface area contributed by atoms with E-state index in [0.717, 1.165) is 0 Å². The van der Waals surface area contributed by atoms with E-state index in [9.17, 15) is 9.59 Å².